The van der Waals surface area contributed by atoms with Crippen molar-refractivity contribution in [3.8, 4) is 0 Å². The van der Waals surface area contributed by atoms with Gasteiger partial charge in [-0.05, 0) is 67.8 Å². The summed E-state index contributed by atoms with van der Waals surface area (Å²) in [4.78, 5) is 17.2. The third-order valence-corrected chi connectivity index (χ3v) is 6.17. The molecular weight excluding hydrogens is 362 g/mol. The number of hydrogen-bond acceptors (Lipinski definition) is 4. The molecule has 2 aromatic rings. The van der Waals surface area contributed by atoms with Crippen LogP contribution in [0, 0.1) is 12.8 Å². The van der Waals surface area contributed by atoms with Crippen LogP contribution in [0.15, 0.2) is 40.8 Å². The lowest BCUT2D eigenvalue weighted by Crippen LogP contribution is -2.46. The molecule has 29 heavy (non-hydrogen) atoms. The van der Waals surface area contributed by atoms with E-state index >= 15 is 0 Å². The standard InChI is InChI=1S/C24H31N3O2/c1-4-26-11-13-27(14-12-26)19-5-8-22(18(3)15-19)25-24(28)10-7-20-6-9-23(29-20)21-16-17(21)2/h5-10,15,17,21H,4,11-14,16H2,1-3H3,(H,25,28)/b10-7+. The van der Waals surface area contributed by atoms with Crippen molar-refractivity contribution in [3.63, 3.8) is 0 Å². The quantitative estimate of drug-likeness (QED) is 0.734. The van der Waals surface area contributed by atoms with Gasteiger partial charge in [-0.2, -0.15) is 0 Å². The van der Waals surface area contributed by atoms with E-state index in [0.717, 1.165) is 55.5 Å². The Morgan fingerprint density at radius 1 is 1.21 bits per heavy atom. The predicted octanol–water partition coefficient (Wildman–Crippen LogP) is 4.51. The number of furan rings is 1. The van der Waals surface area contributed by atoms with E-state index in [1.54, 1.807) is 6.08 Å². The van der Waals surface area contributed by atoms with E-state index in [2.05, 4.69) is 41.1 Å². The zero-order chi connectivity index (χ0) is 20.4. The number of rotatable bonds is 6. The van der Waals surface area contributed by atoms with Gasteiger partial charge in [-0.1, -0.05) is 13.8 Å². The third kappa shape index (κ3) is 4.73. The van der Waals surface area contributed by atoms with Crippen LogP contribution in [0.3, 0.4) is 0 Å². The molecule has 154 valence electrons. The SMILES string of the molecule is CCN1CCN(c2ccc(NC(=O)/C=C/c3ccc(C4CC4C)o3)c(C)c2)CC1. The lowest BCUT2D eigenvalue weighted by atomic mass is 10.1. The first-order valence-electron chi connectivity index (χ1n) is 10.7. The Morgan fingerprint density at radius 2 is 1.97 bits per heavy atom. The van der Waals surface area contributed by atoms with Crippen LogP contribution in [-0.4, -0.2) is 43.5 Å². The second-order valence-corrected chi connectivity index (χ2v) is 8.30. The minimum atomic E-state index is -0.143. The van der Waals surface area contributed by atoms with Crippen molar-refractivity contribution in [2.24, 2.45) is 5.92 Å². The molecule has 1 aliphatic heterocycles. The maximum Gasteiger partial charge on any atom is 0.248 e. The maximum absolute atomic E-state index is 12.3. The first-order valence-corrected chi connectivity index (χ1v) is 10.7. The minimum Gasteiger partial charge on any atom is -0.461 e. The Kier molecular flexibility index (Phi) is 5.76. The second-order valence-electron chi connectivity index (χ2n) is 8.30. The van der Waals surface area contributed by atoms with E-state index in [0.29, 0.717) is 11.8 Å². The molecule has 1 N–H and O–H groups in total. The molecule has 0 spiro atoms. The Morgan fingerprint density at radius 3 is 2.62 bits per heavy atom. The zero-order valence-electron chi connectivity index (χ0n) is 17.6. The summed E-state index contributed by atoms with van der Waals surface area (Å²) in [6, 6.07) is 10.2. The highest BCUT2D eigenvalue weighted by Crippen LogP contribution is 2.47. The molecule has 1 aromatic heterocycles. The fourth-order valence-electron chi connectivity index (χ4n) is 4.02. The van der Waals surface area contributed by atoms with Crippen LogP contribution in [0.2, 0.25) is 0 Å². The molecule has 5 heteroatoms. The molecule has 1 aliphatic carbocycles. The number of carbonyl (C=O) groups is 1. The second kappa shape index (κ2) is 8.46. The number of amides is 1. The fourth-order valence-corrected chi connectivity index (χ4v) is 4.02. The van der Waals surface area contributed by atoms with Crippen LogP contribution in [0.4, 0.5) is 11.4 Å². The summed E-state index contributed by atoms with van der Waals surface area (Å²) in [5.74, 6) is 2.88. The predicted molar refractivity (Wildman–Crippen MR) is 118 cm³/mol. The molecular formula is C24H31N3O2. The minimum absolute atomic E-state index is 0.143. The Hall–Kier alpha value is -2.53. The van der Waals surface area contributed by atoms with E-state index in [9.17, 15) is 4.79 Å². The van der Waals surface area contributed by atoms with Crippen LogP contribution in [-0.2, 0) is 4.79 Å². The molecule has 1 saturated carbocycles. The Balaban J connectivity index is 1.34. The topological polar surface area (TPSA) is 48.7 Å². The van der Waals surface area contributed by atoms with Gasteiger partial charge in [-0.15, -0.1) is 0 Å². The van der Waals surface area contributed by atoms with Crippen molar-refractivity contribution in [2.45, 2.75) is 33.1 Å². The van der Waals surface area contributed by atoms with Crippen LogP contribution < -0.4 is 10.2 Å². The summed E-state index contributed by atoms with van der Waals surface area (Å²) in [6.07, 6.45) is 4.47. The Labute approximate surface area is 173 Å². The monoisotopic (exact) mass is 393 g/mol. The molecule has 2 atom stereocenters. The van der Waals surface area contributed by atoms with Crippen molar-refractivity contribution >= 4 is 23.4 Å². The van der Waals surface area contributed by atoms with Crippen molar-refractivity contribution < 1.29 is 9.21 Å². The third-order valence-electron chi connectivity index (χ3n) is 6.17. The number of carbonyl (C=O) groups excluding carboxylic acids is 1. The molecule has 1 amide bonds. The molecule has 2 unspecified atom stereocenters. The van der Waals surface area contributed by atoms with Gasteiger partial charge in [0.15, 0.2) is 0 Å². The molecule has 4 rings (SSSR count). The average molecular weight is 394 g/mol. The molecule has 0 radical (unpaired) electrons. The summed E-state index contributed by atoms with van der Waals surface area (Å²) in [7, 11) is 0. The lowest BCUT2D eigenvalue weighted by molar-refractivity contribution is -0.111. The molecule has 0 bridgehead atoms. The highest BCUT2D eigenvalue weighted by Gasteiger charge is 2.36. The summed E-state index contributed by atoms with van der Waals surface area (Å²) in [6.45, 7) is 11.9. The normalized spacial score (nSPS) is 22.2. The van der Waals surface area contributed by atoms with Gasteiger partial charge in [0, 0.05) is 49.5 Å². The van der Waals surface area contributed by atoms with Crippen LogP contribution in [0.25, 0.3) is 6.08 Å². The smallest absolute Gasteiger partial charge is 0.248 e. The number of nitrogens with one attached hydrogen (secondary N) is 1. The van der Waals surface area contributed by atoms with E-state index in [1.807, 2.05) is 25.1 Å². The van der Waals surface area contributed by atoms with Crippen molar-refractivity contribution in [2.75, 3.05) is 42.9 Å². The molecule has 2 fully saturated rings. The molecule has 1 aromatic carbocycles. The van der Waals surface area contributed by atoms with Crippen molar-refractivity contribution in [3.05, 3.63) is 53.5 Å². The number of nitrogens with zero attached hydrogens (tertiary/aromatic N) is 2. The summed E-state index contributed by atoms with van der Waals surface area (Å²) in [5.41, 5.74) is 3.15. The van der Waals surface area contributed by atoms with Gasteiger partial charge in [-0.3, -0.25) is 4.79 Å². The van der Waals surface area contributed by atoms with E-state index in [4.69, 9.17) is 4.42 Å². The average Bonchev–Trinajstić information content (AvgIpc) is 3.27. The molecule has 5 nitrogen and oxygen atoms in total. The van der Waals surface area contributed by atoms with E-state index < -0.39 is 0 Å². The largest absolute Gasteiger partial charge is 0.461 e. The fraction of sp³-hybridized carbons (Fsp3) is 0.458. The van der Waals surface area contributed by atoms with Crippen LogP contribution >= 0.6 is 0 Å². The summed E-state index contributed by atoms with van der Waals surface area (Å²) >= 11 is 0. The number of piperazine rings is 1. The molecule has 2 heterocycles. The van der Waals surface area contributed by atoms with E-state index in [-0.39, 0.29) is 5.91 Å². The highest BCUT2D eigenvalue weighted by molar-refractivity contribution is 6.02. The van der Waals surface area contributed by atoms with Gasteiger partial charge in [0.2, 0.25) is 5.91 Å². The van der Waals surface area contributed by atoms with E-state index in [1.165, 1.54) is 18.2 Å². The number of anilines is 2. The Bertz CT molecular complexity index is 893. The number of benzene rings is 1. The number of likely N-dealkylation sites (N-methyl/N-ethyl adjacent to an activating group) is 1. The number of aryl methyl sites for hydroxylation is 1. The lowest BCUT2D eigenvalue weighted by Gasteiger charge is -2.35. The number of hydrogen-bond donors (Lipinski definition) is 1. The summed E-state index contributed by atoms with van der Waals surface area (Å²) < 4.78 is 5.83. The van der Waals surface area contributed by atoms with Gasteiger partial charge in [0.25, 0.3) is 0 Å². The first-order chi connectivity index (χ1) is 14.0. The van der Waals surface area contributed by atoms with Gasteiger partial charge in [0.1, 0.15) is 11.5 Å². The van der Waals surface area contributed by atoms with Crippen molar-refractivity contribution in [1.82, 2.24) is 4.90 Å². The van der Waals surface area contributed by atoms with Crippen LogP contribution in [0.1, 0.15) is 43.3 Å². The highest BCUT2D eigenvalue weighted by atomic mass is 16.3. The van der Waals surface area contributed by atoms with Crippen molar-refractivity contribution in [1.29, 1.82) is 0 Å². The van der Waals surface area contributed by atoms with Gasteiger partial charge >= 0.3 is 0 Å². The zero-order valence-corrected chi connectivity index (χ0v) is 17.6. The first kappa shape index (κ1) is 19.8. The molecule has 2 aliphatic rings. The van der Waals surface area contributed by atoms with Gasteiger partial charge in [-0.25, -0.2) is 0 Å². The maximum atomic E-state index is 12.3. The summed E-state index contributed by atoms with van der Waals surface area (Å²) in [5, 5.41) is 2.98. The van der Waals surface area contributed by atoms with Gasteiger partial charge < -0.3 is 19.5 Å². The van der Waals surface area contributed by atoms with Gasteiger partial charge in [0.05, 0.1) is 0 Å². The molecule has 1 saturated heterocycles. The van der Waals surface area contributed by atoms with Crippen LogP contribution in [0.5, 0.6) is 0 Å².